The summed E-state index contributed by atoms with van der Waals surface area (Å²) in [7, 11) is 0. The van der Waals surface area contributed by atoms with Crippen LogP contribution in [0.5, 0.6) is 0 Å². The highest BCUT2D eigenvalue weighted by Crippen LogP contribution is 2.64. The third kappa shape index (κ3) is 6.79. The summed E-state index contributed by atoms with van der Waals surface area (Å²) >= 11 is 0. The lowest BCUT2D eigenvalue weighted by Gasteiger charge is -2.22. The molecular weight excluding hydrogens is 1050 g/mol. The van der Waals surface area contributed by atoms with Crippen LogP contribution < -0.4 is 0 Å². The fourth-order valence-electron chi connectivity index (χ4n) is 14.6. The Bertz CT molecular complexity index is 4930. The highest BCUT2D eigenvalue weighted by molar-refractivity contribution is 6.42. The zero-order valence-corrected chi connectivity index (χ0v) is 44.5. The van der Waals surface area contributed by atoms with Crippen molar-refractivity contribution in [2.24, 2.45) is 0 Å². The van der Waals surface area contributed by atoms with Crippen molar-refractivity contribution in [2.75, 3.05) is 0 Å². The van der Waals surface area contributed by atoms with E-state index >= 15 is 0 Å². The van der Waals surface area contributed by atoms with Gasteiger partial charge < -0.3 is 0 Å². The maximum Gasteiger partial charge on any atom is 0.416 e. The van der Waals surface area contributed by atoms with E-state index in [0.29, 0.717) is 11.1 Å². The van der Waals surface area contributed by atoms with E-state index < -0.39 is 23.5 Å². The van der Waals surface area contributed by atoms with Gasteiger partial charge in [0.05, 0.1) is 11.1 Å². The summed E-state index contributed by atoms with van der Waals surface area (Å²) in [6, 6.07) is 83.6. The molecule has 0 fully saturated rings. The Labute approximate surface area is 478 Å². The molecule has 0 N–H and O–H groups in total. The Balaban J connectivity index is 0.977. The van der Waals surface area contributed by atoms with Crippen LogP contribution in [0, 0.1) is 0 Å². The van der Waals surface area contributed by atoms with Crippen LogP contribution >= 0.6 is 0 Å². The fraction of sp³-hybridized carbons (Fsp3) is 0.0256. The second-order valence-corrected chi connectivity index (χ2v) is 22.2. The van der Waals surface area contributed by atoms with Crippen LogP contribution in [-0.4, -0.2) is 0 Å². The first-order valence-electron chi connectivity index (χ1n) is 28.1. The van der Waals surface area contributed by atoms with E-state index in [-0.39, 0.29) is 0 Å². The van der Waals surface area contributed by atoms with Gasteiger partial charge in [0.2, 0.25) is 0 Å². The van der Waals surface area contributed by atoms with E-state index in [0.717, 1.165) is 165 Å². The summed E-state index contributed by atoms with van der Waals surface area (Å²) in [4.78, 5) is 0. The summed E-state index contributed by atoms with van der Waals surface area (Å²) in [5.41, 5.74) is 18.4. The molecule has 0 amide bonds. The van der Waals surface area contributed by atoms with Gasteiger partial charge in [-0.15, -0.1) is 0 Å². The molecule has 15 aromatic rings. The predicted octanol–water partition coefficient (Wildman–Crippen LogP) is 23.4. The molecule has 0 aliphatic heterocycles. The Kier molecular flexibility index (Phi) is 10.1. The lowest BCUT2D eigenvalue weighted by molar-refractivity contribution is -0.138. The van der Waals surface area contributed by atoms with Crippen LogP contribution in [0.2, 0.25) is 0 Å². The topological polar surface area (TPSA) is 0 Å². The number of rotatable bonds is 6. The van der Waals surface area contributed by atoms with Gasteiger partial charge in [-0.1, -0.05) is 231 Å². The summed E-state index contributed by atoms with van der Waals surface area (Å²) in [6.07, 6.45) is -9.01. The van der Waals surface area contributed by atoms with Gasteiger partial charge >= 0.3 is 12.4 Å². The zero-order chi connectivity index (χ0) is 56.3. The molecule has 15 aromatic carbocycles. The molecule has 0 saturated carbocycles. The SMILES string of the molecule is FC(F)(F)c1ccc(-c2c3c(c(-c4ccccc4-c4ccccc4)c4ccccc24)-c2ccc4c5ccc6c7c(ccc(c8ccc-3c2c84)c75)-c2c-6c(-c3ccc(C(F)(F)F)cc3)c3ccccc3c2-c2ccccc2-c2ccccc2)cc1. The smallest absolute Gasteiger partial charge is 0.166 e. The van der Waals surface area contributed by atoms with Crippen molar-refractivity contribution < 1.29 is 26.3 Å². The minimum atomic E-state index is -4.50. The van der Waals surface area contributed by atoms with E-state index in [1.807, 2.05) is 36.4 Å². The quantitative estimate of drug-likeness (QED) is 0.0884. The molecule has 0 heterocycles. The monoisotopic (exact) mass is 1090 g/mol. The first-order chi connectivity index (χ1) is 41.0. The molecule has 84 heavy (non-hydrogen) atoms. The maximum atomic E-state index is 14.3. The molecule has 2 aliphatic carbocycles. The van der Waals surface area contributed by atoms with Crippen molar-refractivity contribution in [2.45, 2.75) is 12.4 Å². The van der Waals surface area contributed by atoms with E-state index in [4.69, 9.17) is 0 Å². The maximum absolute atomic E-state index is 14.3. The molecule has 0 radical (unpaired) electrons. The summed E-state index contributed by atoms with van der Waals surface area (Å²) in [5, 5.41) is 12.5. The van der Waals surface area contributed by atoms with Crippen molar-refractivity contribution in [1.29, 1.82) is 0 Å². The van der Waals surface area contributed by atoms with Gasteiger partial charge in [0.15, 0.2) is 0 Å². The molecule has 0 atom stereocenters. The Morgan fingerprint density at radius 2 is 0.440 bits per heavy atom. The summed E-state index contributed by atoms with van der Waals surface area (Å²) in [5.74, 6) is 0. The molecule has 6 heteroatoms. The Morgan fingerprint density at radius 3 is 0.762 bits per heavy atom. The van der Waals surface area contributed by atoms with E-state index in [9.17, 15) is 26.3 Å². The molecule has 0 aromatic heterocycles. The highest BCUT2D eigenvalue weighted by atomic mass is 19.4. The minimum Gasteiger partial charge on any atom is -0.166 e. The highest BCUT2D eigenvalue weighted by Gasteiger charge is 2.37. The molecule has 0 saturated heterocycles. The van der Waals surface area contributed by atoms with Crippen molar-refractivity contribution in [3.8, 4) is 111 Å². The predicted molar refractivity (Wildman–Crippen MR) is 334 cm³/mol. The molecule has 0 spiro atoms. The fourth-order valence-corrected chi connectivity index (χ4v) is 14.6. The Hall–Kier alpha value is -10.3. The van der Waals surface area contributed by atoms with E-state index in [2.05, 4.69) is 170 Å². The third-order valence-corrected chi connectivity index (χ3v) is 18.0. The zero-order valence-electron chi connectivity index (χ0n) is 44.5. The standard InChI is InChI=1S/C78H42F6/c79-77(80,81)47-31-27-45(28-32-47)65-53-23-11-13-25-55(53)69(51-21-9-7-19-49(51)43-15-3-1-4-16-43)75-63-41-37-59-58-36-40-62-72-64(42-38-60(68(58)72)57-35-39-61(73(65)75)71(63)67(57)59)76-70(52-22-10-8-20-50(52)44-17-5-2-6-18-44)56-26-14-12-24-54(56)66(74(62)76)46-29-33-48(34-30-46)78(82,83)84/h1-42H. The number of hydrogen-bond acceptors (Lipinski definition) is 0. The normalized spacial score (nSPS) is 12.6. The van der Waals surface area contributed by atoms with Crippen LogP contribution in [0.1, 0.15) is 11.1 Å². The van der Waals surface area contributed by atoms with Gasteiger partial charge in [-0.2, -0.15) is 26.3 Å². The Morgan fingerprint density at radius 1 is 0.167 bits per heavy atom. The number of benzene rings is 15. The molecule has 396 valence electrons. The lowest BCUT2D eigenvalue weighted by atomic mass is 9.81. The van der Waals surface area contributed by atoms with E-state index in [1.54, 1.807) is 24.3 Å². The minimum absolute atomic E-state index is 0.693. The molecule has 17 rings (SSSR count). The van der Waals surface area contributed by atoms with Gasteiger partial charge in [-0.25, -0.2) is 0 Å². The second kappa shape index (κ2) is 17.6. The summed E-state index contributed by atoms with van der Waals surface area (Å²) in [6.45, 7) is 0. The number of alkyl halides is 6. The van der Waals surface area contributed by atoms with Crippen LogP contribution in [0.3, 0.4) is 0 Å². The van der Waals surface area contributed by atoms with Gasteiger partial charge in [-0.3, -0.25) is 0 Å². The largest absolute Gasteiger partial charge is 0.416 e. The number of fused-ring (bicyclic) bond motifs is 10. The first kappa shape index (κ1) is 48.4. The molecule has 0 nitrogen and oxygen atoms in total. The van der Waals surface area contributed by atoms with Crippen molar-refractivity contribution in [3.63, 3.8) is 0 Å². The lowest BCUT2D eigenvalue weighted by Crippen LogP contribution is -2.04. The molecular formula is C78H42F6. The molecule has 0 unspecified atom stereocenters. The third-order valence-electron chi connectivity index (χ3n) is 18.0. The van der Waals surface area contributed by atoms with Crippen LogP contribution in [0.15, 0.2) is 255 Å². The van der Waals surface area contributed by atoms with Gasteiger partial charge in [0.25, 0.3) is 0 Å². The summed E-state index contributed by atoms with van der Waals surface area (Å²) < 4.78 is 85.7. The van der Waals surface area contributed by atoms with Gasteiger partial charge in [0, 0.05) is 0 Å². The molecule has 2 aliphatic rings. The average molecular weight is 1090 g/mol. The van der Waals surface area contributed by atoms with Crippen molar-refractivity contribution in [1.82, 2.24) is 0 Å². The van der Waals surface area contributed by atoms with Gasteiger partial charge in [0.1, 0.15) is 0 Å². The van der Waals surface area contributed by atoms with Crippen LogP contribution in [0.4, 0.5) is 26.3 Å². The van der Waals surface area contributed by atoms with E-state index in [1.165, 1.54) is 24.3 Å². The first-order valence-corrected chi connectivity index (χ1v) is 28.1. The van der Waals surface area contributed by atoms with Crippen LogP contribution in [-0.2, 0) is 12.4 Å². The number of halogens is 6. The van der Waals surface area contributed by atoms with Crippen molar-refractivity contribution >= 4 is 64.6 Å². The second-order valence-electron chi connectivity index (χ2n) is 22.2. The van der Waals surface area contributed by atoms with Gasteiger partial charge in [-0.05, 0) is 200 Å². The number of hydrogen-bond donors (Lipinski definition) is 0. The van der Waals surface area contributed by atoms with Crippen molar-refractivity contribution in [3.05, 3.63) is 266 Å². The van der Waals surface area contributed by atoms with Crippen LogP contribution in [0.25, 0.3) is 176 Å². The molecule has 0 bridgehead atoms. The average Bonchev–Trinajstić information content (AvgIpc) is 1.51.